The SMILES string of the molecule is CC(N)C1CCCN(C(=O)c2ccc(Br)cn2)C1.Cl.Cl. The minimum Gasteiger partial charge on any atom is -0.337 e. The van der Waals surface area contributed by atoms with Crippen molar-refractivity contribution in [2.45, 2.75) is 25.8 Å². The Bertz CT molecular complexity index is 428. The van der Waals surface area contributed by atoms with Gasteiger partial charge in [-0.2, -0.15) is 0 Å². The predicted molar refractivity (Wildman–Crippen MR) is 88.7 cm³/mol. The van der Waals surface area contributed by atoms with Gasteiger partial charge in [-0.3, -0.25) is 4.79 Å². The van der Waals surface area contributed by atoms with Gasteiger partial charge in [0.2, 0.25) is 0 Å². The fourth-order valence-electron chi connectivity index (χ4n) is 2.29. The number of carbonyl (C=O) groups is 1. The van der Waals surface area contributed by atoms with Gasteiger partial charge < -0.3 is 10.6 Å². The molecule has 2 N–H and O–H groups in total. The minimum absolute atomic E-state index is 0. The molecule has 0 bridgehead atoms. The average molecular weight is 385 g/mol. The van der Waals surface area contributed by atoms with E-state index in [2.05, 4.69) is 20.9 Å². The van der Waals surface area contributed by atoms with E-state index in [-0.39, 0.29) is 36.8 Å². The van der Waals surface area contributed by atoms with E-state index in [4.69, 9.17) is 5.73 Å². The van der Waals surface area contributed by atoms with Crippen LogP contribution in [-0.2, 0) is 0 Å². The number of amides is 1. The molecule has 2 heterocycles. The number of nitrogens with zero attached hydrogens (tertiary/aromatic N) is 2. The van der Waals surface area contributed by atoms with Crippen LogP contribution in [0.15, 0.2) is 22.8 Å². The first-order chi connectivity index (χ1) is 8.58. The Kier molecular flexibility index (Phi) is 8.66. The smallest absolute Gasteiger partial charge is 0.272 e. The van der Waals surface area contributed by atoms with Crippen molar-refractivity contribution in [3.63, 3.8) is 0 Å². The third kappa shape index (κ3) is 4.88. The largest absolute Gasteiger partial charge is 0.337 e. The van der Waals surface area contributed by atoms with Crippen molar-refractivity contribution in [1.29, 1.82) is 0 Å². The Morgan fingerprint density at radius 2 is 2.20 bits per heavy atom. The topological polar surface area (TPSA) is 59.2 Å². The number of hydrogen-bond acceptors (Lipinski definition) is 3. The van der Waals surface area contributed by atoms with Crippen molar-refractivity contribution in [3.8, 4) is 0 Å². The first-order valence-corrected chi connectivity index (χ1v) is 7.03. The summed E-state index contributed by atoms with van der Waals surface area (Å²) in [7, 11) is 0. The number of carbonyl (C=O) groups excluding carboxylic acids is 1. The van der Waals surface area contributed by atoms with Gasteiger partial charge in [-0.25, -0.2) is 4.98 Å². The molecule has 2 rings (SSSR count). The number of pyridine rings is 1. The lowest BCUT2D eigenvalue weighted by atomic mass is 9.92. The number of piperidine rings is 1. The third-order valence-corrected chi connectivity index (χ3v) is 3.90. The molecule has 0 aromatic carbocycles. The monoisotopic (exact) mass is 383 g/mol. The molecule has 4 nitrogen and oxygen atoms in total. The maximum absolute atomic E-state index is 12.3. The lowest BCUT2D eigenvalue weighted by molar-refractivity contribution is 0.0655. The Balaban J connectivity index is 0.00000180. The summed E-state index contributed by atoms with van der Waals surface area (Å²) in [6.07, 6.45) is 3.78. The van der Waals surface area contributed by atoms with Crippen LogP contribution >= 0.6 is 40.7 Å². The zero-order valence-electron chi connectivity index (χ0n) is 11.3. The molecule has 1 aliphatic rings. The highest BCUT2D eigenvalue weighted by Gasteiger charge is 2.26. The quantitative estimate of drug-likeness (QED) is 0.852. The van der Waals surface area contributed by atoms with E-state index in [1.54, 1.807) is 12.3 Å². The van der Waals surface area contributed by atoms with Crippen LogP contribution < -0.4 is 5.73 Å². The summed E-state index contributed by atoms with van der Waals surface area (Å²) in [6, 6.07) is 3.73. The van der Waals surface area contributed by atoms with Crippen LogP contribution in [0.1, 0.15) is 30.3 Å². The van der Waals surface area contributed by atoms with Crippen LogP contribution in [0.4, 0.5) is 0 Å². The van der Waals surface area contributed by atoms with Gasteiger partial charge in [-0.15, -0.1) is 24.8 Å². The molecule has 114 valence electrons. The van der Waals surface area contributed by atoms with Crippen molar-refractivity contribution in [2.75, 3.05) is 13.1 Å². The van der Waals surface area contributed by atoms with Crippen LogP contribution in [0.2, 0.25) is 0 Å². The van der Waals surface area contributed by atoms with Crippen molar-refractivity contribution >= 4 is 46.7 Å². The average Bonchev–Trinajstić information content (AvgIpc) is 2.39. The minimum atomic E-state index is 0. The third-order valence-electron chi connectivity index (χ3n) is 3.44. The second kappa shape index (κ2) is 8.82. The van der Waals surface area contributed by atoms with Crippen LogP contribution in [-0.4, -0.2) is 34.9 Å². The summed E-state index contributed by atoms with van der Waals surface area (Å²) >= 11 is 3.32. The maximum Gasteiger partial charge on any atom is 0.272 e. The lowest BCUT2D eigenvalue weighted by Crippen LogP contribution is -2.45. The number of nitrogens with two attached hydrogens (primary N) is 1. The van der Waals surface area contributed by atoms with Crippen molar-refractivity contribution in [2.24, 2.45) is 11.7 Å². The van der Waals surface area contributed by atoms with E-state index in [1.165, 1.54) is 0 Å². The van der Waals surface area contributed by atoms with E-state index in [0.29, 0.717) is 11.6 Å². The normalized spacial score (nSPS) is 19.6. The Morgan fingerprint density at radius 3 is 2.75 bits per heavy atom. The van der Waals surface area contributed by atoms with Crippen molar-refractivity contribution in [1.82, 2.24) is 9.88 Å². The Morgan fingerprint density at radius 1 is 1.50 bits per heavy atom. The van der Waals surface area contributed by atoms with Gasteiger partial charge in [0.15, 0.2) is 0 Å². The molecular weight excluding hydrogens is 365 g/mol. The summed E-state index contributed by atoms with van der Waals surface area (Å²) in [5.41, 5.74) is 6.43. The molecule has 1 aromatic rings. The molecule has 7 heteroatoms. The molecule has 1 saturated heterocycles. The second-order valence-electron chi connectivity index (χ2n) is 4.87. The second-order valence-corrected chi connectivity index (χ2v) is 5.79. The maximum atomic E-state index is 12.3. The van der Waals surface area contributed by atoms with Gasteiger partial charge in [-0.1, -0.05) is 0 Å². The molecule has 0 saturated carbocycles. The summed E-state index contributed by atoms with van der Waals surface area (Å²) in [5, 5.41) is 0. The Labute approximate surface area is 140 Å². The number of rotatable bonds is 2. The first kappa shape index (κ1) is 19.6. The van der Waals surface area contributed by atoms with Crippen LogP contribution in [0.25, 0.3) is 0 Å². The first-order valence-electron chi connectivity index (χ1n) is 6.24. The number of aromatic nitrogens is 1. The highest BCUT2D eigenvalue weighted by molar-refractivity contribution is 9.10. The molecule has 2 unspecified atom stereocenters. The Hall–Kier alpha value is -0.360. The van der Waals surface area contributed by atoms with Gasteiger partial charge in [0.25, 0.3) is 5.91 Å². The fraction of sp³-hybridized carbons (Fsp3) is 0.538. The molecule has 0 spiro atoms. The number of halogens is 3. The molecule has 0 radical (unpaired) electrons. The molecule has 1 aliphatic heterocycles. The standard InChI is InChI=1S/C13H18BrN3O.2ClH/c1-9(15)10-3-2-6-17(8-10)13(18)12-5-4-11(14)7-16-12;;/h4-5,7,9-10H,2-3,6,8,15H2,1H3;2*1H. The van der Waals surface area contributed by atoms with Gasteiger partial charge in [0.1, 0.15) is 5.69 Å². The van der Waals surface area contributed by atoms with E-state index in [9.17, 15) is 4.79 Å². The molecule has 0 aliphatic carbocycles. The van der Waals surface area contributed by atoms with E-state index in [0.717, 1.165) is 30.4 Å². The predicted octanol–water partition coefficient (Wildman–Crippen LogP) is 2.89. The zero-order chi connectivity index (χ0) is 13.1. The number of likely N-dealkylation sites (tertiary alicyclic amines) is 1. The van der Waals surface area contributed by atoms with Gasteiger partial charge in [0, 0.05) is 29.8 Å². The summed E-state index contributed by atoms with van der Waals surface area (Å²) in [4.78, 5) is 18.3. The fourth-order valence-corrected chi connectivity index (χ4v) is 2.52. The molecule has 20 heavy (non-hydrogen) atoms. The van der Waals surface area contributed by atoms with E-state index >= 15 is 0 Å². The van der Waals surface area contributed by atoms with Gasteiger partial charge >= 0.3 is 0 Å². The molecule has 1 fully saturated rings. The van der Waals surface area contributed by atoms with Crippen molar-refractivity contribution in [3.05, 3.63) is 28.5 Å². The molecule has 2 atom stereocenters. The van der Waals surface area contributed by atoms with Crippen molar-refractivity contribution < 1.29 is 4.79 Å². The van der Waals surface area contributed by atoms with Gasteiger partial charge in [0.05, 0.1) is 0 Å². The van der Waals surface area contributed by atoms with Crippen LogP contribution in [0, 0.1) is 5.92 Å². The van der Waals surface area contributed by atoms with Crippen LogP contribution in [0.3, 0.4) is 0 Å². The van der Waals surface area contributed by atoms with Gasteiger partial charge in [-0.05, 0) is 53.7 Å². The lowest BCUT2D eigenvalue weighted by Gasteiger charge is -2.34. The highest BCUT2D eigenvalue weighted by Crippen LogP contribution is 2.20. The zero-order valence-corrected chi connectivity index (χ0v) is 14.5. The molecular formula is C13H20BrCl2N3O. The summed E-state index contributed by atoms with van der Waals surface area (Å²) < 4.78 is 0.881. The molecule has 1 amide bonds. The molecule has 1 aromatic heterocycles. The summed E-state index contributed by atoms with van der Waals surface area (Å²) in [5.74, 6) is 0.408. The number of hydrogen-bond donors (Lipinski definition) is 1. The highest BCUT2D eigenvalue weighted by atomic mass is 79.9. The van der Waals surface area contributed by atoms with E-state index < -0.39 is 0 Å². The van der Waals surface area contributed by atoms with Crippen LogP contribution in [0.5, 0.6) is 0 Å². The van der Waals surface area contributed by atoms with E-state index in [1.807, 2.05) is 17.9 Å². The summed E-state index contributed by atoms with van der Waals surface area (Å²) in [6.45, 7) is 3.56.